The summed E-state index contributed by atoms with van der Waals surface area (Å²) in [6.45, 7) is 4.44. The van der Waals surface area contributed by atoms with Gasteiger partial charge in [0.2, 0.25) is 0 Å². The molecule has 4 heteroatoms. The Kier molecular flexibility index (Phi) is 4.07. The highest BCUT2D eigenvalue weighted by molar-refractivity contribution is 7.80. The van der Waals surface area contributed by atoms with Gasteiger partial charge in [-0.1, -0.05) is 19.1 Å². The van der Waals surface area contributed by atoms with Crippen LogP contribution in [0.2, 0.25) is 0 Å². The molecule has 1 aliphatic heterocycles. The zero-order valence-corrected chi connectivity index (χ0v) is 11.0. The largest absolute Gasteiger partial charge is 0.388 e. The van der Waals surface area contributed by atoms with Gasteiger partial charge in [-0.2, -0.15) is 0 Å². The number of nitrogens with two attached hydrogens (primary N) is 1. The van der Waals surface area contributed by atoms with E-state index in [0.29, 0.717) is 4.99 Å². The first kappa shape index (κ1) is 12.5. The Bertz CT molecular complexity index is 405. The predicted octanol–water partition coefficient (Wildman–Crippen LogP) is 2.09. The summed E-state index contributed by atoms with van der Waals surface area (Å²) in [6.07, 6.45) is 5.66. The molecule has 2 heterocycles. The van der Waals surface area contributed by atoms with Crippen LogP contribution < -0.4 is 5.73 Å². The van der Waals surface area contributed by atoms with E-state index in [1.165, 1.54) is 31.4 Å². The lowest BCUT2D eigenvalue weighted by molar-refractivity contribution is 0.240. The Morgan fingerprint density at radius 2 is 2.47 bits per heavy atom. The first-order chi connectivity index (χ1) is 8.20. The van der Waals surface area contributed by atoms with Crippen molar-refractivity contribution in [2.45, 2.75) is 38.8 Å². The normalized spacial score (nSPS) is 20.6. The fraction of sp³-hybridized carbons (Fsp3) is 0.538. The van der Waals surface area contributed by atoms with E-state index in [1.54, 1.807) is 6.20 Å². The molecule has 1 unspecified atom stereocenters. The molecular formula is C13H19N3S. The maximum absolute atomic E-state index is 5.60. The van der Waals surface area contributed by atoms with Crippen LogP contribution in [-0.4, -0.2) is 27.5 Å². The van der Waals surface area contributed by atoms with Crippen LogP contribution in [0.4, 0.5) is 0 Å². The van der Waals surface area contributed by atoms with Gasteiger partial charge in [-0.3, -0.25) is 9.88 Å². The van der Waals surface area contributed by atoms with Crippen molar-refractivity contribution < 1.29 is 0 Å². The first-order valence-electron chi connectivity index (χ1n) is 6.19. The molecule has 17 heavy (non-hydrogen) atoms. The second kappa shape index (κ2) is 5.56. The molecule has 92 valence electrons. The van der Waals surface area contributed by atoms with Gasteiger partial charge in [0.25, 0.3) is 0 Å². The van der Waals surface area contributed by atoms with Gasteiger partial charge < -0.3 is 5.73 Å². The van der Waals surface area contributed by atoms with E-state index < -0.39 is 0 Å². The second-order valence-electron chi connectivity index (χ2n) is 4.59. The molecule has 0 aliphatic carbocycles. The lowest BCUT2D eigenvalue weighted by atomic mass is 10.1. The third-order valence-electron chi connectivity index (χ3n) is 3.43. The fourth-order valence-electron chi connectivity index (χ4n) is 2.51. The third-order valence-corrected chi connectivity index (χ3v) is 3.64. The molecule has 1 aliphatic rings. The van der Waals surface area contributed by atoms with E-state index in [0.717, 1.165) is 18.3 Å². The molecule has 1 fully saturated rings. The van der Waals surface area contributed by atoms with E-state index in [2.05, 4.69) is 16.8 Å². The average Bonchev–Trinajstić information content (AvgIpc) is 2.76. The SMILES string of the molecule is CCC1CCCN1Cc1ccnc(C(N)=S)c1. The molecule has 0 spiro atoms. The Morgan fingerprint density at radius 3 is 3.18 bits per heavy atom. The van der Waals surface area contributed by atoms with Gasteiger partial charge in [0.1, 0.15) is 4.99 Å². The number of nitrogens with zero attached hydrogens (tertiary/aromatic N) is 2. The monoisotopic (exact) mass is 249 g/mol. The van der Waals surface area contributed by atoms with Crippen LogP contribution in [0, 0.1) is 0 Å². The van der Waals surface area contributed by atoms with Crippen molar-refractivity contribution in [1.29, 1.82) is 0 Å². The highest BCUT2D eigenvalue weighted by Crippen LogP contribution is 2.22. The number of aromatic nitrogens is 1. The molecular weight excluding hydrogens is 230 g/mol. The summed E-state index contributed by atoms with van der Waals surface area (Å²) in [7, 11) is 0. The molecule has 0 radical (unpaired) electrons. The maximum atomic E-state index is 5.60. The van der Waals surface area contributed by atoms with Gasteiger partial charge in [-0.05, 0) is 43.5 Å². The lowest BCUT2D eigenvalue weighted by Crippen LogP contribution is -2.28. The molecule has 1 saturated heterocycles. The number of hydrogen-bond donors (Lipinski definition) is 1. The average molecular weight is 249 g/mol. The van der Waals surface area contributed by atoms with Gasteiger partial charge in [-0.25, -0.2) is 0 Å². The Morgan fingerprint density at radius 1 is 1.65 bits per heavy atom. The Labute approximate surface area is 108 Å². The second-order valence-corrected chi connectivity index (χ2v) is 5.03. The van der Waals surface area contributed by atoms with Gasteiger partial charge in [0.05, 0.1) is 5.69 Å². The van der Waals surface area contributed by atoms with E-state index in [1.807, 2.05) is 12.1 Å². The van der Waals surface area contributed by atoms with Crippen LogP contribution >= 0.6 is 12.2 Å². The van der Waals surface area contributed by atoms with E-state index in [-0.39, 0.29) is 0 Å². The van der Waals surface area contributed by atoms with Crippen molar-refractivity contribution in [1.82, 2.24) is 9.88 Å². The maximum Gasteiger partial charge on any atom is 0.122 e. The highest BCUT2D eigenvalue weighted by atomic mass is 32.1. The molecule has 0 saturated carbocycles. The highest BCUT2D eigenvalue weighted by Gasteiger charge is 2.22. The summed E-state index contributed by atoms with van der Waals surface area (Å²) >= 11 is 4.95. The molecule has 2 N–H and O–H groups in total. The van der Waals surface area contributed by atoms with Crippen molar-refractivity contribution in [3.05, 3.63) is 29.6 Å². The van der Waals surface area contributed by atoms with E-state index >= 15 is 0 Å². The third kappa shape index (κ3) is 3.01. The van der Waals surface area contributed by atoms with Crippen molar-refractivity contribution in [2.75, 3.05) is 6.54 Å². The van der Waals surface area contributed by atoms with E-state index in [9.17, 15) is 0 Å². The zero-order valence-electron chi connectivity index (χ0n) is 10.2. The molecule has 0 amide bonds. The zero-order chi connectivity index (χ0) is 12.3. The summed E-state index contributed by atoms with van der Waals surface area (Å²) in [4.78, 5) is 7.08. The van der Waals surface area contributed by atoms with Gasteiger partial charge >= 0.3 is 0 Å². The van der Waals surface area contributed by atoms with Crippen LogP contribution in [-0.2, 0) is 6.54 Å². The number of likely N-dealkylation sites (tertiary alicyclic amines) is 1. The van der Waals surface area contributed by atoms with Crippen LogP contribution in [0.15, 0.2) is 18.3 Å². The Balaban J connectivity index is 2.07. The van der Waals surface area contributed by atoms with Crippen molar-refractivity contribution in [2.24, 2.45) is 5.73 Å². The summed E-state index contributed by atoms with van der Waals surface area (Å²) in [5, 5.41) is 0. The molecule has 1 atom stereocenters. The van der Waals surface area contributed by atoms with Crippen LogP contribution in [0.1, 0.15) is 37.4 Å². The number of rotatable bonds is 4. The fourth-order valence-corrected chi connectivity index (χ4v) is 2.62. The standard InChI is InChI=1S/C13H19N3S/c1-2-11-4-3-7-16(11)9-10-5-6-15-12(8-10)13(14)17/h5-6,8,11H,2-4,7,9H2,1H3,(H2,14,17). The molecule has 1 aromatic heterocycles. The van der Waals surface area contributed by atoms with Gasteiger partial charge in [0, 0.05) is 18.8 Å². The summed E-state index contributed by atoms with van der Waals surface area (Å²) in [5.41, 5.74) is 7.58. The van der Waals surface area contributed by atoms with Crippen LogP contribution in [0.3, 0.4) is 0 Å². The van der Waals surface area contributed by atoms with E-state index in [4.69, 9.17) is 18.0 Å². The van der Waals surface area contributed by atoms with Gasteiger partial charge in [-0.15, -0.1) is 0 Å². The predicted molar refractivity (Wildman–Crippen MR) is 73.8 cm³/mol. The summed E-state index contributed by atoms with van der Waals surface area (Å²) in [6, 6.07) is 4.79. The number of thiocarbonyl (C=S) groups is 1. The van der Waals surface area contributed by atoms with Crippen molar-refractivity contribution in [3.63, 3.8) is 0 Å². The summed E-state index contributed by atoms with van der Waals surface area (Å²) in [5.74, 6) is 0. The topological polar surface area (TPSA) is 42.2 Å². The summed E-state index contributed by atoms with van der Waals surface area (Å²) < 4.78 is 0. The van der Waals surface area contributed by atoms with Crippen LogP contribution in [0.25, 0.3) is 0 Å². The molecule has 2 rings (SSSR count). The van der Waals surface area contributed by atoms with Crippen LogP contribution in [0.5, 0.6) is 0 Å². The van der Waals surface area contributed by atoms with Crippen molar-refractivity contribution >= 4 is 17.2 Å². The minimum absolute atomic E-state index is 0.375. The Hall–Kier alpha value is -1.00. The van der Waals surface area contributed by atoms with Crippen molar-refractivity contribution in [3.8, 4) is 0 Å². The smallest absolute Gasteiger partial charge is 0.122 e. The molecule has 0 bridgehead atoms. The quantitative estimate of drug-likeness (QED) is 0.830. The number of pyridine rings is 1. The first-order valence-corrected chi connectivity index (χ1v) is 6.60. The lowest BCUT2D eigenvalue weighted by Gasteiger charge is -2.23. The minimum atomic E-state index is 0.375. The molecule has 3 nitrogen and oxygen atoms in total. The number of hydrogen-bond acceptors (Lipinski definition) is 3. The molecule has 1 aromatic rings. The molecule has 0 aromatic carbocycles. The minimum Gasteiger partial charge on any atom is -0.388 e. The van der Waals surface area contributed by atoms with Gasteiger partial charge in [0.15, 0.2) is 0 Å².